The van der Waals surface area contributed by atoms with E-state index in [4.69, 9.17) is 9.15 Å². The molecule has 0 N–H and O–H groups in total. The zero-order valence-corrected chi connectivity index (χ0v) is 19.3. The molecule has 1 amide bonds. The summed E-state index contributed by atoms with van der Waals surface area (Å²) in [6.45, 7) is 6.99. The second-order valence-corrected chi connectivity index (χ2v) is 7.90. The van der Waals surface area contributed by atoms with Crippen molar-refractivity contribution in [2.45, 2.75) is 27.3 Å². The maximum absolute atomic E-state index is 13.1. The van der Waals surface area contributed by atoms with E-state index in [1.165, 1.54) is 0 Å². The van der Waals surface area contributed by atoms with Gasteiger partial charge in [0.25, 0.3) is 5.91 Å². The molecule has 1 aromatic heterocycles. The van der Waals surface area contributed by atoms with Gasteiger partial charge in [0.1, 0.15) is 5.75 Å². The lowest BCUT2D eigenvalue weighted by Crippen LogP contribution is -2.30. The first-order valence-electron chi connectivity index (χ1n) is 10.9. The van der Waals surface area contributed by atoms with Crippen LogP contribution in [0.1, 0.15) is 34.3 Å². The number of amides is 1. The van der Waals surface area contributed by atoms with E-state index in [-0.39, 0.29) is 5.91 Å². The monoisotopic (exact) mass is 441 g/mol. The van der Waals surface area contributed by atoms with Crippen LogP contribution in [0.3, 0.4) is 0 Å². The van der Waals surface area contributed by atoms with E-state index >= 15 is 0 Å². The van der Waals surface area contributed by atoms with Crippen molar-refractivity contribution >= 4 is 5.91 Å². The number of benzene rings is 3. The second kappa shape index (κ2) is 9.69. The summed E-state index contributed by atoms with van der Waals surface area (Å²) in [7, 11) is 1.64. The van der Waals surface area contributed by atoms with E-state index in [1.54, 1.807) is 14.0 Å². The lowest BCUT2D eigenvalue weighted by Gasteiger charge is -2.21. The lowest BCUT2D eigenvalue weighted by molar-refractivity contribution is 0.0752. The fourth-order valence-corrected chi connectivity index (χ4v) is 3.73. The average Bonchev–Trinajstić information content (AvgIpc) is 3.29. The minimum absolute atomic E-state index is 0.00618. The highest BCUT2D eigenvalue weighted by Crippen LogP contribution is 2.29. The van der Waals surface area contributed by atoms with Crippen molar-refractivity contribution in [3.8, 4) is 28.3 Å². The van der Waals surface area contributed by atoms with E-state index in [0.29, 0.717) is 30.4 Å². The van der Waals surface area contributed by atoms with E-state index in [0.717, 1.165) is 33.6 Å². The number of methoxy groups -OCH3 is 1. The van der Waals surface area contributed by atoms with Crippen molar-refractivity contribution < 1.29 is 13.9 Å². The molecular weight excluding hydrogens is 414 g/mol. The van der Waals surface area contributed by atoms with Crippen molar-refractivity contribution in [2.75, 3.05) is 13.7 Å². The fourth-order valence-electron chi connectivity index (χ4n) is 3.73. The van der Waals surface area contributed by atoms with Gasteiger partial charge in [-0.25, -0.2) is 0 Å². The van der Waals surface area contributed by atoms with Crippen LogP contribution in [0.25, 0.3) is 22.6 Å². The Labute approximate surface area is 193 Å². The largest absolute Gasteiger partial charge is 0.497 e. The minimum atomic E-state index is 0.00618. The van der Waals surface area contributed by atoms with E-state index < -0.39 is 0 Å². The van der Waals surface area contributed by atoms with Crippen molar-refractivity contribution in [3.05, 3.63) is 89.3 Å². The van der Waals surface area contributed by atoms with E-state index in [2.05, 4.69) is 17.1 Å². The summed E-state index contributed by atoms with van der Waals surface area (Å²) in [6, 6.07) is 21.6. The Bertz CT molecular complexity index is 1240. The van der Waals surface area contributed by atoms with Crippen LogP contribution in [0.5, 0.6) is 5.75 Å². The number of nitrogens with zero attached hydrogens (tertiary/aromatic N) is 3. The van der Waals surface area contributed by atoms with Crippen molar-refractivity contribution in [1.82, 2.24) is 15.1 Å². The van der Waals surface area contributed by atoms with Gasteiger partial charge in [0.05, 0.1) is 7.11 Å². The predicted octanol–water partition coefficient (Wildman–Crippen LogP) is 5.69. The summed E-state index contributed by atoms with van der Waals surface area (Å²) < 4.78 is 10.8. The van der Waals surface area contributed by atoms with E-state index in [9.17, 15) is 4.79 Å². The predicted molar refractivity (Wildman–Crippen MR) is 128 cm³/mol. The quantitative estimate of drug-likeness (QED) is 0.368. The topological polar surface area (TPSA) is 68.5 Å². The molecule has 6 nitrogen and oxygen atoms in total. The molecule has 0 saturated heterocycles. The molecule has 4 rings (SSSR count). The number of aryl methyl sites for hydroxylation is 2. The Kier molecular flexibility index (Phi) is 6.54. The molecule has 6 heteroatoms. The Morgan fingerprint density at radius 1 is 0.939 bits per heavy atom. The Morgan fingerprint density at radius 3 is 2.24 bits per heavy atom. The number of carbonyl (C=O) groups excluding carboxylic acids is 1. The van der Waals surface area contributed by atoms with Gasteiger partial charge in [-0.3, -0.25) is 4.79 Å². The molecule has 0 saturated carbocycles. The molecule has 0 atom stereocenters. The van der Waals surface area contributed by atoms with Gasteiger partial charge in [-0.1, -0.05) is 30.3 Å². The third-order valence-corrected chi connectivity index (χ3v) is 5.65. The molecule has 0 fully saturated rings. The standard InChI is InChI=1S/C27H27N3O3/c1-5-30(17-20-7-14-24(32-4)15-8-20)27(31)22-12-10-21(11-13-22)25-16-23(9-6-18(25)2)26-29-28-19(3)33-26/h6-16H,5,17H2,1-4H3. The van der Waals surface area contributed by atoms with Gasteiger partial charge in [-0.2, -0.15) is 0 Å². The average molecular weight is 442 g/mol. The molecule has 0 bridgehead atoms. The van der Waals surface area contributed by atoms with Crippen LogP contribution in [0, 0.1) is 13.8 Å². The van der Waals surface area contributed by atoms with Gasteiger partial charge in [-0.15, -0.1) is 10.2 Å². The van der Waals surface area contributed by atoms with Crippen LogP contribution in [-0.4, -0.2) is 34.7 Å². The number of rotatable bonds is 7. The third-order valence-electron chi connectivity index (χ3n) is 5.65. The van der Waals surface area contributed by atoms with Gasteiger partial charge in [0.2, 0.25) is 11.8 Å². The molecule has 1 heterocycles. The van der Waals surface area contributed by atoms with Crippen LogP contribution < -0.4 is 4.74 Å². The van der Waals surface area contributed by atoms with Crippen LogP contribution in [0.15, 0.2) is 71.1 Å². The molecule has 0 radical (unpaired) electrons. The zero-order valence-electron chi connectivity index (χ0n) is 19.3. The van der Waals surface area contributed by atoms with Gasteiger partial charge < -0.3 is 14.1 Å². The van der Waals surface area contributed by atoms with Crippen LogP contribution in [0.2, 0.25) is 0 Å². The number of hydrogen-bond donors (Lipinski definition) is 0. The SMILES string of the molecule is CCN(Cc1ccc(OC)cc1)C(=O)c1ccc(-c2cc(-c3nnc(C)o3)ccc2C)cc1. The summed E-state index contributed by atoms with van der Waals surface area (Å²) in [5.41, 5.74) is 5.81. The van der Waals surface area contributed by atoms with Crippen LogP contribution >= 0.6 is 0 Å². The van der Waals surface area contributed by atoms with Gasteiger partial charge >= 0.3 is 0 Å². The van der Waals surface area contributed by atoms with Gasteiger partial charge in [0.15, 0.2) is 0 Å². The molecular formula is C27H27N3O3. The first kappa shape index (κ1) is 22.3. The third kappa shape index (κ3) is 4.95. The minimum Gasteiger partial charge on any atom is -0.497 e. The Hall–Kier alpha value is -3.93. The number of ether oxygens (including phenoxy) is 1. The lowest BCUT2D eigenvalue weighted by atomic mass is 9.97. The highest BCUT2D eigenvalue weighted by molar-refractivity contribution is 5.94. The smallest absolute Gasteiger partial charge is 0.254 e. The first-order chi connectivity index (χ1) is 16.0. The zero-order chi connectivity index (χ0) is 23.4. The molecule has 0 aliphatic carbocycles. The Morgan fingerprint density at radius 2 is 1.64 bits per heavy atom. The molecule has 3 aromatic carbocycles. The highest BCUT2D eigenvalue weighted by atomic mass is 16.5. The van der Waals surface area contributed by atoms with Crippen molar-refractivity contribution in [2.24, 2.45) is 0 Å². The van der Waals surface area contributed by atoms with Gasteiger partial charge in [-0.05, 0) is 72.5 Å². The molecule has 0 spiro atoms. The molecule has 0 aliphatic rings. The van der Waals surface area contributed by atoms with Crippen LogP contribution in [-0.2, 0) is 6.54 Å². The molecule has 168 valence electrons. The van der Waals surface area contributed by atoms with Crippen LogP contribution in [0.4, 0.5) is 0 Å². The fraction of sp³-hybridized carbons (Fsp3) is 0.222. The maximum Gasteiger partial charge on any atom is 0.254 e. The van der Waals surface area contributed by atoms with Gasteiger partial charge in [0, 0.05) is 31.1 Å². The first-order valence-corrected chi connectivity index (χ1v) is 10.9. The Balaban J connectivity index is 1.54. The number of aromatic nitrogens is 2. The van der Waals surface area contributed by atoms with Crippen molar-refractivity contribution in [1.29, 1.82) is 0 Å². The maximum atomic E-state index is 13.1. The molecule has 0 aliphatic heterocycles. The number of carbonyl (C=O) groups is 1. The number of hydrogen-bond acceptors (Lipinski definition) is 5. The molecule has 0 unspecified atom stereocenters. The summed E-state index contributed by atoms with van der Waals surface area (Å²) in [4.78, 5) is 15.0. The summed E-state index contributed by atoms with van der Waals surface area (Å²) in [5.74, 6) is 1.84. The van der Waals surface area contributed by atoms with Crippen molar-refractivity contribution in [3.63, 3.8) is 0 Å². The summed E-state index contributed by atoms with van der Waals surface area (Å²) in [5, 5.41) is 8.03. The second-order valence-electron chi connectivity index (χ2n) is 7.90. The van der Waals surface area contributed by atoms with E-state index in [1.807, 2.05) is 78.6 Å². The molecule has 4 aromatic rings. The normalized spacial score (nSPS) is 10.8. The summed E-state index contributed by atoms with van der Waals surface area (Å²) >= 11 is 0. The molecule has 33 heavy (non-hydrogen) atoms. The summed E-state index contributed by atoms with van der Waals surface area (Å²) in [6.07, 6.45) is 0. The highest BCUT2D eigenvalue weighted by Gasteiger charge is 2.16.